The summed E-state index contributed by atoms with van der Waals surface area (Å²) < 4.78 is 41.0. The molecule has 0 spiro atoms. The smallest absolute Gasteiger partial charge is 0.406 e. The normalized spacial score (nSPS) is 14.2. The van der Waals surface area contributed by atoms with E-state index in [2.05, 4.69) is 10.1 Å². The predicted molar refractivity (Wildman–Crippen MR) is 114 cm³/mol. The molecule has 1 heterocycles. The lowest BCUT2D eigenvalue weighted by atomic mass is 10.0. The van der Waals surface area contributed by atoms with Gasteiger partial charge in [-0.2, -0.15) is 0 Å². The molecule has 1 aliphatic rings. The maximum atomic E-state index is 13.2. The van der Waals surface area contributed by atoms with E-state index < -0.39 is 23.9 Å². The van der Waals surface area contributed by atoms with Crippen LogP contribution in [0.1, 0.15) is 5.56 Å². The molecule has 0 fully saturated rings. The number of halogens is 4. The van der Waals surface area contributed by atoms with Crippen LogP contribution in [0.5, 0.6) is 5.75 Å². The van der Waals surface area contributed by atoms with E-state index in [0.29, 0.717) is 22.0 Å². The Hall–Kier alpha value is -3.78. The maximum Gasteiger partial charge on any atom is 0.573 e. The number of nitrogens with zero attached hydrogens (tertiary/aromatic N) is 1. The van der Waals surface area contributed by atoms with Crippen LogP contribution in [0.4, 0.5) is 24.5 Å². The van der Waals surface area contributed by atoms with Gasteiger partial charge in [0.1, 0.15) is 11.4 Å². The Labute approximate surface area is 185 Å². The van der Waals surface area contributed by atoms with E-state index in [1.165, 1.54) is 12.1 Å². The van der Waals surface area contributed by atoms with E-state index in [9.17, 15) is 22.8 Å². The zero-order valence-electron chi connectivity index (χ0n) is 16.2. The van der Waals surface area contributed by atoms with Crippen LogP contribution in [0.15, 0.2) is 84.6 Å². The first-order valence-electron chi connectivity index (χ1n) is 9.30. The third-order valence-corrected chi connectivity index (χ3v) is 4.84. The first-order valence-corrected chi connectivity index (χ1v) is 9.67. The van der Waals surface area contributed by atoms with Gasteiger partial charge in [-0.25, -0.2) is 4.90 Å². The lowest BCUT2D eigenvalue weighted by Gasteiger charge is -2.15. The number of imide groups is 1. The molecule has 2 amide bonds. The van der Waals surface area contributed by atoms with Gasteiger partial charge in [-0.1, -0.05) is 41.9 Å². The second kappa shape index (κ2) is 8.39. The molecule has 0 aliphatic carbocycles. The van der Waals surface area contributed by atoms with E-state index >= 15 is 0 Å². The standard InChI is InChI=1S/C23H14ClF3N2O3/c24-15-6-10-17(11-7-15)29-21(30)19(14-4-2-1-3-5-14)20(22(29)31)28-16-8-12-18(13-9-16)32-23(25,26)27/h1-13,28H. The van der Waals surface area contributed by atoms with Gasteiger partial charge < -0.3 is 10.1 Å². The fraction of sp³-hybridized carbons (Fsp3) is 0.0435. The quantitative estimate of drug-likeness (QED) is 0.503. The number of nitrogens with one attached hydrogen (secondary N) is 1. The fourth-order valence-electron chi connectivity index (χ4n) is 3.23. The lowest BCUT2D eigenvalue weighted by Crippen LogP contribution is -2.32. The largest absolute Gasteiger partial charge is 0.573 e. The minimum Gasteiger partial charge on any atom is -0.406 e. The topological polar surface area (TPSA) is 58.6 Å². The summed E-state index contributed by atoms with van der Waals surface area (Å²) in [6.07, 6.45) is -4.81. The highest BCUT2D eigenvalue weighted by Crippen LogP contribution is 2.34. The van der Waals surface area contributed by atoms with Crippen molar-refractivity contribution in [2.75, 3.05) is 10.2 Å². The third kappa shape index (κ3) is 4.45. The maximum absolute atomic E-state index is 13.2. The van der Waals surface area contributed by atoms with Crippen molar-refractivity contribution in [2.24, 2.45) is 0 Å². The highest BCUT2D eigenvalue weighted by atomic mass is 35.5. The van der Waals surface area contributed by atoms with Crippen molar-refractivity contribution in [3.8, 4) is 5.75 Å². The molecule has 0 unspecified atom stereocenters. The molecule has 1 N–H and O–H groups in total. The van der Waals surface area contributed by atoms with Crippen LogP contribution < -0.4 is 15.0 Å². The van der Waals surface area contributed by atoms with Crippen LogP contribution in [0.25, 0.3) is 5.57 Å². The first-order chi connectivity index (χ1) is 15.2. The summed E-state index contributed by atoms with van der Waals surface area (Å²) in [5.41, 5.74) is 1.30. The van der Waals surface area contributed by atoms with Crippen LogP contribution in [-0.2, 0) is 9.59 Å². The van der Waals surface area contributed by atoms with Crippen molar-refractivity contribution in [2.45, 2.75) is 6.36 Å². The van der Waals surface area contributed by atoms with Crippen molar-refractivity contribution in [3.05, 3.63) is 95.1 Å². The molecule has 32 heavy (non-hydrogen) atoms. The molecular formula is C23H14ClF3N2O3. The monoisotopic (exact) mass is 458 g/mol. The molecule has 5 nitrogen and oxygen atoms in total. The first kappa shape index (κ1) is 21.5. The molecule has 4 rings (SSSR count). The van der Waals surface area contributed by atoms with E-state index in [4.69, 9.17) is 11.6 Å². The van der Waals surface area contributed by atoms with Crippen LogP contribution >= 0.6 is 11.6 Å². The second-order valence-electron chi connectivity index (χ2n) is 6.74. The van der Waals surface area contributed by atoms with Crippen molar-refractivity contribution in [1.29, 1.82) is 0 Å². The second-order valence-corrected chi connectivity index (χ2v) is 7.17. The molecule has 0 atom stereocenters. The summed E-state index contributed by atoms with van der Waals surface area (Å²) >= 11 is 5.91. The molecule has 0 saturated carbocycles. The number of rotatable bonds is 5. The molecule has 9 heteroatoms. The van der Waals surface area contributed by atoms with Crippen molar-refractivity contribution in [1.82, 2.24) is 0 Å². The Kier molecular flexibility index (Phi) is 5.63. The molecule has 0 bridgehead atoms. The summed E-state index contributed by atoms with van der Waals surface area (Å²) in [5.74, 6) is -1.55. The highest BCUT2D eigenvalue weighted by Gasteiger charge is 2.40. The van der Waals surface area contributed by atoms with E-state index in [1.807, 2.05) is 0 Å². The Morgan fingerprint density at radius 2 is 1.44 bits per heavy atom. The average Bonchev–Trinajstić information content (AvgIpc) is 2.99. The Morgan fingerprint density at radius 1 is 0.812 bits per heavy atom. The Morgan fingerprint density at radius 3 is 2.03 bits per heavy atom. The Balaban J connectivity index is 1.70. The predicted octanol–water partition coefficient (Wildman–Crippen LogP) is 5.64. The number of anilines is 2. The zero-order chi connectivity index (χ0) is 22.9. The van der Waals surface area contributed by atoms with Crippen molar-refractivity contribution >= 4 is 40.4 Å². The number of carbonyl (C=O) groups excluding carboxylic acids is 2. The minimum absolute atomic E-state index is 0.000592. The van der Waals surface area contributed by atoms with E-state index in [0.717, 1.165) is 17.0 Å². The molecule has 162 valence electrons. The summed E-state index contributed by atoms with van der Waals surface area (Å²) in [7, 11) is 0. The van der Waals surface area contributed by atoms with Gasteiger partial charge in [0.05, 0.1) is 11.3 Å². The molecule has 0 saturated heterocycles. The average molecular weight is 459 g/mol. The molecule has 0 aromatic heterocycles. The number of hydrogen-bond acceptors (Lipinski definition) is 4. The summed E-state index contributed by atoms with van der Waals surface area (Å²) in [4.78, 5) is 27.5. The molecular weight excluding hydrogens is 445 g/mol. The van der Waals surface area contributed by atoms with Gasteiger partial charge >= 0.3 is 6.36 Å². The minimum atomic E-state index is -4.81. The number of amides is 2. The van der Waals surface area contributed by atoms with Gasteiger partial charge in [-0.3, -0.25) is 9.59 Å². The van der Waals surface area contributed by atoms with Gasteiger partial charge in [0.25, 0.3) is 11.8 Å². The third-order valence-electron chi connectivity index (χ3n) is 4.59. The Bertz CT molecular complexity index is 1190. The van der Waals surface area contributed by atoms with Gasteiger partial charge in [0, 0.05) is 10.7 Å². The number of carbonyl (C=O) groups is 2. The van der Waals surface area contributed by atoms with Gasteiger partial charge in [0.2, 0.25) is 0 Å². The molecule has 3 aromatic carbocycles. The molecule has 0 radical (unpaired) electrons. The number of hydrogen-bond donors (Lipinski definition) is 1. The number of benzene rings is 3. The van der Waals surface area contributed by atoms with Crippen LogP contribution in [-0.4, -0.2) is 18.2 Å². The zero-order valence-corrected chi connectivity index (χ0v) is 16.9. The number of ether oxygens (including phenoxy) is 1. The van der Waals surface area contributed by atoms with Crippen LogP contribution in [0.3, 0.4) is 0 Å². The summed E-state index contributed by atoms with van der Waals surface area (Å²) in [5, 5.41) is 3.32. The van der Waals surface area contributed by atoms with Crippen LogP contribution in [0.2, 0.25) is 5.02 Å². The van der Waals surface area contributed by atoms with Crippen molar-refractivity contribution < 1.29 is 27.5 Å². The summed E-state index contributed by atoms with van der Waals surface area (Å²) in [6.45, 7) is 0. The molecule has 3 aromatic rings. The molecule has 1 aliphatic heterocycles. The van der Waals surface area contributed by atoms with Crippen LogP contribution in [0, 0.1) is 0 Å². The van der Waals surface area contributed by atoms with Gasteiger partial charge in [0.15, 0.2) is 0 Å². The van der Waals surface area contributed by atoms with Gasteiger partial charge in [-0.05, 0) is 54.1 Å². The van der Waals surface area contributed by atoms with E-state index in [-0.39, 0.29) is 11.3 Å². The lowest BCUT2D eigenvalue weighted by molar-refractivity contribution is -0.274. The number of alkyl halides is 3. The fourth-order valence-corrected chi connectivity index (χ4v) is 3.35. The SMILES string of the molecule is O=C1C(Nc2ccc(OC(F)(F)F)cc2)=C(c2ccccc2)C(=O)N1c1ccc(Cl)cc1. The van der Waals surface area contributed by atoms with Crippen molar-refractivity contribution in [3.63, 3.8) is 0 Å². The van der Waals surface area contributed by atoms with Gasteiger partial charge in [-0.15, -0.1) is 13.2 Å². The summed E-state index contributed by atoms with van der Waals surface area (Å²) in [6, 6.07) is 19.7. The highest BCUT2D eigenvalue weighted by molar-refractivity contribution is 6.46. The van der Waals surface area contributed by atoms with E-state index in [1.54, 1.807) is 54.6 Å².